The van der Waals surface area contributed by atoms with Crippen molar-refractivity contribution in [3.63, 3.8) is 0 Å². The first-order valence-electron chi connectivity index (χ1n) is 8.13. The van der Waals surface area contributed by atoms with E-state index in [-0.39, 0.29) is 23.5 Å². The van der Waals surface area contributed by atoms with Gasteiger partial charge in [-0.05, 0) is 36.7 Å². The van der Waals surface area contributed by atoms with Gasteiger partial charge in [-0.15, -0.1) is 11.3 Å². The molecule has 1 fully saturated rings. The number of carbonyl (C=O) groups excluding carboxylic acids is 1. The lowest BCUT2D eigenvalue weighted by Crippen LogP contribution is -2.43. The van der Waals surface area contributed by atoms with Crippen molar-refractivity contribution in [3.8, 4) is 10.4 Å². The Balaban J connectivity index is 1.64. The van der Waals surface area contributed by atoms with Gasteiger partial charge in [-0.3, -0.25) is 19.9 Å². The summed E-state index contributed by atoms with van der Waals surface area (Å²) < 4.78 is 0.490. The number of rotatable bonds is 3. The molecule has 0 bridgehead atoms. The maximum Gasteiger partial charge on any atom is 0.270 e. The van der Waals surface area contributed by atoms with Gasteiger partial charge < -0.3 is 16.2 Å². The summed E-state index contributed by atoms with van der Waals surface area (Å²) in [6.07, 6.45) is -0.0494. The van der Waals surface area contributed by atoms with E-state index >= 15 is 0 Å². The first-order chi connectivity index (χ1) is 12.5. The summed E-state index contributed by atoms with van der Waals surface area (Å²) in [6.45, 7) is 0.665. The van der Waals surface area contributed by atoms with E-state index in [0.29, 0.717) is 28.7 Å². The average molecular weight is 371 g/mol. The number of nitrogens with two attached hydrogens (primary N) is 1. The molecule has 1 saturated heterocycles. The Morgan fingerprint density at radius 3 is 3.00 bits per heavy atom. The molecular weight excluding hydrogens is 354 g/mol. The van der Waals surface area contributed by atoms with Gasteiger partial charge in [0.15, 0.2) is 0 Å². The Hall–Kier alpha value is -2.75. The van der Waals surface area contributed by atoms with Crippen LogP contribution in [0.2, 0.25) is 0 Å². The summed E-state index contributed by atoms with van der Waals surface area (Å²) in [4.78, 5) is 31.9. The number of H-pyrrole nitrogens is 1. The van der Waals surface area contributed by atoms with Crippen LogP contribution in [0.5, 0.6) is 0 Å². The SMILES string of the molecule is Nc1nc2cc(-c3cccc(C(=O)NC4CCNC4O)c3)sc2c(=O)[nH]1. The number of amides is 1. The van der Waals surface area contributed by atoms with Gasteiger partial charge in [0.1, 0.15) is 10.9 Å². The maximum absolute atomic E-state index is 12.5. The van der Waals surface area contributed by atoms with Crippen LogP contribution in [0.3, 0.4) is 0 Å². The molecule has 4 rings (SSSR count). The highest BCUT2D eigenvalue weighted by molar-refractivity contribution is 7.22. The van der Waals surface area contributed by atoms with Crippen LogP contribution in [0.15, 0.2) is 35.1 Å². The van der Waals surface area contributed by atoms with Gasteiger partial charge in [0.25, 0.3) is 11.5 Å². The largest absolute Gasteiger partial charge is 0.376 e. The molecule has 1 aromatic carbocycles. The third-order valence-electron chi connectivity index (χ3n) is 4.32. The standard InChI is InChI=1S/C17H17N5O3S/c18-17-21-11-7-12(26-13(11)16(25)22-17)8-2-1-3-9(6-8)14(23)20-10-4-5-19-15(10)24/h1-3,6-7,10,15,19,24H,4-5H2,(H,20,23)(H3,18,21,22,25). The van der Waals surface area contributed by atoms with Crippen molar-refractivity contribution < 1.29 is 9.90 Å². The van der Waals surface area contributed by atoms with E-state index in [1.165, 1.54) is 11.3 Å². The van der Waals surface area contributed by atoms with Gasteiger partial charge in [0.05, 0.1) is 11.6 Å². The van der Waals surface area contributed by atoms with E-state index in [1.807, 2.05) is 6.07 Å². The molecule has 3 heterocycles. The molecule has 0 spiro atoms. The number of aliphatic hydroxyl groups excluding tert-OH is 1. The highest BCUT2D eigenvalue weighted by Gasteiger charge is 2.26. The van der Waals surface area contributed by atoms with Crippen LogP contribution in [0.4, 0.5) is 5.95 Å². The molecule has 0 saturated carbocycles. The third kappa shape index (κ3) is 3.07. The molecule has 2 atom stereocenters. The van der Waals surface area contributed by atoms with Crippen molar-refractivity contribution in [3.05, 3.63) is 46.2 Å². The molecule has 2 aromatic heterocycles. The van der Waals surface area contributed by atoms with E-state index in [1.54, 1.807) is 24.3 Å². The van der Waals surface area contributed by atoms with Gasteiger partial charge in [-0.1, -0.05) is 12.1 Å². The number of aromatic amines is 1. The normalized spacial score (nSPS) is 19.7. The second-order valence-corrected chi connectivity index (χ2v) is 7.18. The van der Waals surface area contributed by atoms with Crippen LogP contribution in [-0.4, -0.2) is 39.8 Å². The summed E-state index contributed by atoms with van der Waals surface area (Å²) in [7, 11) is 0. The molecule has 6 N–H and O–H groups in total. The summed E-state index contributed by atoms with van der Waals surface area (Å²) >= 11 is 1.30. The van der Waals surface area contributed by atoms with Gasteiger partial charge in [-0.25, -0.2) is 4.98 Å². The Morgan fingerprint density at radius 1 is 1.38 bits per heavy atom. The maximum atomic E-state index is 12.5. The lowest BCUT2D eigenvalue weighted by atomic mass is 10.1. The highest BCUT2D eigenvalue weighted by atomic mass is 32.1. The van der Waals surface area contributed by atoms with Gasteiger partial charge in [0.2, 0.25) is 5.95 Å². The van der Waals surface area contributed by atoms with Crippen LogP contribution in [0, 0.1) is 0 Å². The van der Waals surface area contributed by atoms with Gasteiger partial charge in [0, 0.05) is 10.4 Å². The molecular formula is C17H17N5O3S. The first kappa shape index (κ1) is 16.7. The molecule has 8 nitrogen and oxygen atoms in total. The Bertz CT molecular complexity index is 1040. The van der Waals surface area contributed by atoms with Crippen molar-refractivity contribution in [1.29, 1.82) is 0 Å². The van der Waals surface area contributed by atoms with Crippen LogP contribution in [-0.2, 0) is 0 Å². The van der Waals surface area contributed by atoms with Crippen LogP contribution >= 0.6 is 11.3 Å². The van der Waals surface area contributed by atoms with E-state index in [4.69, 9.17) is 5.73 Å². The highest BCUT2D eigenvalue weighted by Crippen LogP contribution is 2.31. The number of nitrogens with zero attached hydrogens (tertiary/aromatic N) is 1. The van der Waals surface area contributed by atoms with E-state index in [0.717, 1.165) is 10.4 Å². The number of benzene rings is 1. The minimum Gasteiger partial charge on any atom is -0.376 e. The fourth-order valence-electron chi connectivity index (χ4n) is 3.00. The molecule has 9 heteroatoms. The van der Waals surface area contributed by atoms with Gasteiger partial charge >= 0.3 is 0 Å². The molecule has 26 heavy (non-hydrogen) atoms. The fourth-order valence-corrected chi connectivity index (χ4v) is 3.99. The molecule has 0 radical (unpaired) electrons. The molecule has 1 amide bonds. The number of nitrogen functional groups attached to an aromatic ring is 1. The van der Waals surface area contributed by atoms with E-state index in [9.17, 15) is 14.7 Å². The zero-order valence-electron chi connectivity index (χ0n) is 13.7. The van der Waals surface area contributed by atoms with Crippen molar-refractivity contribution >= 4 is 33.4 Å². The lowest BCUT2D eigenvalue weighted by molar-refractivity contribution is 0.0848. The molecule has 2 unspecified atom stereocenters. The summed E-state index contributed by atoms with van der Waals surface area (Å²) in [5.41, 5.74) is 7.13. The molecule has 1 aliphatic heterocycles. The molecule has 3 aromatic rings. The quantitative estimate of drug-likeness (QED) is 0.459. The van der Waals surface area contributed by atoms with Crippen LogP contribution < -0.4 is 21.9 Å². The van der Waals surface area contributed by atoms with Crippen molar-refractivity contribution in [2.24, 2.45) is 0 Å². The topological polar surface area (TPSA) is 133 Å². The monoisotopic (exact) mass is 371 g/mol. The number of fused-ring (bicyclic) bond motifs is 1. The number of nitrogens with one attached hydrogen (secondary N) is 3. The Labute approximate surface area is 152 Å². The van der Waals surface area contributed by atoms with Crippen LogP contribution in [0.1, 0.15) is 16.8 Å². The third-order valence-corrected chi connectivity index (χ3v) is 5.49. The minimum atomic E-state index is -0.729. The fraction of sp³-hybridized carbons (Fsp3) is 0.235. The number of anilines is 1. The Kier molecular flexibility index (Phi) is 4.19. The van der Waals surface area contributed by atoms with E-state index in [2.05, 4.69) is 20.6 Å². The number of aromatic nitrogens is 2. The second kappa shape index (κ2) is 6.52. The second-order valence-electron chi connectivity index (χ2n) is 6.12. The average Bonchev–Trinajstić information content (AvgIpc) is 3.22. The number of hydrogen-bond acceptors (Lipinski definition) is 7. The number of hydrogen-bond donors (Lipinski definition) is 5. The van der Waals surface area contributed by atoms with Crippen molar-refractivity contribution in [2.45, 2.75) is 18.7 Å². The predicted molar refractivity (Wildman–Crippen MR) is 100.0 cm³/mol. The molecule has 0 aliphatic carbocycles. The Morgan fingerprint density at radius 2 is 2.23 bits per heavy atom. The van der Waals surface area contributed by atoms with Crippen molar-refractivity contribution in [2.75, 3.05) is 12.3 Å². The summed E-state index contributed by atoms with van der Waals surface area (Å²) in [5, 5.41) is 15.5. The van der Waals surface area contributed by atoms with Crippen molar-refractivity contribution in [1.82, 2.24) is 20.6 Å². The van der Waals surface area contributed by atoms with Gasteiger partial charge in [-0.2, -0.15) is 0 Å². The number of aliphatic hydroxyl groups is 1. The smallest absolute Gasteiger partial charge is 0.270 e. The summed E-state index contributed by atoms with van der Waals surface area (Å²) in [6, 6.07) is 8.60. The molecule has 134 valence electrons. The lowest BCUT2D eigenvalue weighted by Gasteiger charge is -2.16. The minimum absolute atomic E-state index is 0.0729. The molecule has 1 aliphatic rings. The van der Waals surface area contributed by atoms with E-state index < -0.39 is 6.23 Å². The zero-order valence-corrected chi connectivity index (χ0v) is 14.5. The first-order valence-corrected chi connectivity index (χ1v) is 8.95. The van der Waals surface area contributed by atoms with Crippen LogP contribution in [0.25, 0.3) is 20.7 Å². The predicted octanol–water partition coefficient (Wildman–Crippen LogP) is 0.644. The number of thiophene rings is 1. The zero-order chi connectivity index (χ0) is 18.3. The summed E-state index contributed by atoms with van der Waals surface area (Å²) in [5.74, 6) is -0.176. The number of carbonyl (C=O) groups is 1.